The topological polar surface area (TPSA) is 80.9 Å². The SMILES string of the molecule is Nc1cc(C(=O)NCCc2ccccn2)cc(Cl)n1. The highest BCUT2D eigenvalue weighted by atomic mass is 35.5. The summed E-state index contributed by atoms with van der Waals surface area (Å²) in [7, 11) is 0. The van der Waals surface area contributed by atoms with Gasteiger partial charge in [0, 0.05) is 30.4 Å². The molecule has 0 saturated carbocycles. The Kier molecular flexibility index (Phi) is 4.30. The Morgan fingerprint density at radius 1 is 1.37 bits per heavy atom. The minimum atomic E-state index is -0.230. The van der Waals surface area contributed by atoms with E-state index >= 15 is 0 Å². The van der Waals surface area contributed by atoms with Gasteiger partial charge in [0.2, 0.25) is 0 Å². The van der Waals surface area contributed by atoms with Gasteiger partial charge in [0.05, 0.1) is 0 Å². The zero-order chi connectivity index (χ0) is 13.7. The minimum Gasteiger partial charge on any atom is -0.384 e. The molecule has 0 aliphatic carbocycles. The first-order valence-electron chi connectivity index (χ1n) is 5.76. The average molecular weight is 277 g/mol. The zero-order valence-electron chi connectivity index (χ0n) is 10.1. The standard InChI is InChI=1S/C13H13ClN4O/c14-11-7-9(8-12(15)18-11)13(19)17-6-4-10-3-1-2-5-16-10/h1-3,5,7-8H,4,6H2,(H2,15,18)(H,17,19). The molecule has 0 saturated heterocycles. The lowest BCUT2D eigenvalue weighted by Gasteiger charge is -2.06. The first-order valence-corrected chi connectivity index (χ1v) is 6.14. The van der Waals surface area contributed by atoms with E-state index in [2.05, 4.69) is 15.3 Å². The molecule has 0 aliphatic heterocycles. The van der Waals surface area contributed by atoms with Crippen LogP contribution in [-0.4, -0.2) is 22.4 Å². The van der Waals surface area contributed by atoms with Crippen LogP contribution in [0, 0.1) is 0 Å². The van der Waals surface area contributed by atoms with E-state index in [4.69, 9.17) is 17.3 Å². The van der Waals surface area contributed by atoms with Crippen LogP contribution in [0.3, 0.4) is 0 Å². The number of halogens is 1. The number of rotatable bonds is 4. The number of pyridine rings is 2. The number of anilines is 1. The Balaban J connectivity index is 1.91. The Morgan fingerprint density at radius 3 is 2.89 bits per heavy atom. The fraction of sp³-hybridized carbons (Fsp3) is 0.154. The Labute approximate surface area is 115 Å². The van der Waals surface area contributed by atoms with Crippen molar-refractivity contribution in [3.8, 4) is 0 Å². The summed E-state index contributed by atoms with van der Waals surface area (Å²) in [5.74, 6) is -0.00527. The maximum atomic E-state index is 11.9. The normalized spacial score (nSPS) is 10.2. The Bertz CT molecular complexity index is 554. The zero-order valence-corrected chi connectivity index (χ0v) is 10.9. The summed E-state index contributed by atoms with van der Waals surface area (Å²) in [5, 5.41) is 2.98. The molecule has 3 N–H and O–H groups in total. The number of hydrogen-bond acceptors (Lipinski definition) is 4. The van der Waals surface area contributed by atoms with Crippen molar-refractivity contribution >= 4 is 23.3 Å². The van der Waals surface area contributed by atoms with E-state index in [0.717, 1.165) is 5.69 Å². The second-order valence-electron chi connectivity index (χ2n) is 3.93. The van der Waals surface area contributed by atoms with Crippen LogP contribution in [0.25, 0.3) is 0 Å². The van der Waals surface area contributed by atoms with Crippen LogP contribution in [0.1, 0.15) is 16.1 Å². The smallest absolute Gasteiger partial charge is 0.251 e. The van der Waals surface area contributed by atoms with Crippen molar-refractivity contribution in [3.05, 3.63) is 52.9 Å². The maximum Gasteiger partial charge on any atom is 0.251 e. The van der Waals surface area contributed by atoms with Gasteiger partial charge in [-0.05, 0) is 24.3 Å². The molecule has 0 fully saturated rings. The van der Waals surface area contributed by atoms with Crippen molar-refractivity contribution in [1.29, 1.82) is 0 Å². The van der Waals surface area contributed by atoms with Gasteiger partial charge in [0.25, 0.3) is 5.91 Å². The van der Waals surface area contributed by atoms with E-state index in [0.29, 0.717) is 18.5 Å². The number of nitrogens with zero attached hydrogens (tertiary/aromatic N) is 2. The van der Waals surface area contributed by atoms with Gasteiger partial charge >= 0.3 is 0 Å². The average Bonchev–Trinajstić information content (AvgIpc) is 2.38. The number of carbonyl (C=O) groups excluding carboxylic acids is 1. The molecule has 1 amide bonds. The van der Waals surface area contributed by atoms with E-state index in [-0.39, 0.29) is 16.9 Å². The summed E-state index contributed by atoms with van der Waals surface area (Å²) in [6, 6.07) is 8.64. The van der Waals surface area contributed by atoms with Gasteiger partial charge in [-0.1, -0.05) is 17.7 Å². The van der Waals surface area contributed by atoms with E-state index < -0.39 is 0 Å². The summed E-state index contributed by atoms with van der Waals surface area (Å²) >= 11 is 5.74. The molecule has 2 heterocycles. The Morgan fingerprint density at radius 2 is 2.21 bits per heavy atom. The molecular formula is C13H13ClN4O. The molecule has 0 radical (unpaired) electrons. The lowest BCUT2D eigenvalue weighted by Crippen LogP contribution is -2.26. The van der Waals surface area contributed by atoms with E-state index in [9.17, 15) is 4.79 Å². The van der Waals surface area contributed by atoms with Gasteiger partial charge in [0.15, 0.2) is 0 Å². The van der Waals surface area contributed by atoms with Crippen LogP contribution in [-0.2, 0) is 6.42 Å². The highest BCUT2D eigenvalue weighted by Crippen LogP contribution is 2.11. The molecule has 19 heavy (non-hydrogen) atoms. The van der Waals surface area contributed by atoms with Gasteiger partial charge in [-0.25, -0.2) is 4.98 Å². The monoisotopic (exact) mass is 276 g/mol. The third kappa shape index (κ3) is 3.93. The van der Waals surface area contributed by atoms with Crippen LogP contribution in [0.15, 0.2) is 36.5 Å². The van der Waals surface area contributed by atoms with Crippen LogP contribution in [0.2, 0.25) is 5.15 Å². The first kappa shape index (κ1) is 13.3. The van der Waals surface area contributed by atoms with Crippen molar-refractivity contribution in [2.45, 2.75) is 6.42 Å². The van der Waals surface area contributed by atoms with Crippen LogP contribution < -0.4 is 11.1 Å². The largest absolute Gasteiger partial charge is 0.384 e. The van der Waals surface area contributed by atoms with Crippen molar-refractivity contribution in [1.82, 2.24) is 15.3 Å². The number of carbonyl (C=O) groups is 1. The second kappa shape index (κ2) is 6.15. The summed E-state index contributed by atoms with van der Waals surface area (Å²) in [6.45, 7) is 0.496. The molecule has 0 atom stereocenters. The van der Waals surface area contributed by atoms with E-state index in [1.165, 1.54) is 12.1 Å². The maximum absolute atomic E-state index is 11.9. The molecule has 0 aliphatic rings. The summed E-state index contributed by atoms with van der Waals surface area (Å²) < 4.78 is 0. The second-order valence-corrected chi connectivity index (χ2v) is 4.32. The van der Waals surface area contributed by atoms with Crippen LogP contribution in [0.5, 0.6) is 0 Å². The van der Waals surface area contributed by atoms with Crippen molar-refractivity contribution in [2.24, 2.45) is 0 Å². The van der Waals surface area contributed by atoms with Gasteiger partial charge in [-0.3, -0.25) is 9.78 Å². The molecule has 0 aromatic carbocycles. The highest BCUT2D eigenvalue weighted by molar-refractivity contribution is 6.29. The molecular weight excluding hydrogens is 264 g/mol. The number of nitrogens with two attached hydrogens (primary N) is 1. The summed E-state index contributed by atoms with van der Waals surface area (Å²) in [6.07, 6.45) is 2.39. The van der Waals surface area contributed by atoms with Crippen LogP contribution >= 0.6 is 11.6 Å². The van der Waals surface area contributed by atoms with E-state index in [1.807, 2.05) is 18.2 Å². The molecule has 0 bridgehead atoms. The molecule has 0 unspecified atom stereocenters. The summed E-state index contributed by atoms with van der Waals surface area (Å²) in [4.78, 5) is 19.8. The van der Waals surface area contributed by atoms with Gasteiger partial charge in [-0.15, -0.1) is 0 Å². The number of nitrogens with one attached hydrogen (secondary N) is 1. The van der Waals surface area contributed by atoms with Gasteiger partial charge in [-0.2, -0.15) is 0 Å². The van der Waals surface area contributed by atoms with Gasteiger partial charge in [0.1, 0.15) is 11.0 Å². The third-order valence-corrected chi connectivity index (χ3v) is 2.66. The lowest BCUT2D eigenvalue weighted by molar-refractivity contribution is 0.0954. The molecule has 0 spiro atoms. The molecule has 98 valence electrons. The first-order chi connectivity index (χ1) is 9.15. The molecule has 6 heteroatoms. The lowest BCUT2D eigenvalue weighted by atomic mass is 10.2. The summed E-state index contributed by atoms with van der Waals surface area (Å²) in [5.41, 5.74) is 6.86. The van der Waals surface area contributed by atoms with Crippen molar-refractivity contribution in [3.63, 3.8) is 0 Å². The van der Waals surface area contributed by atoms with Gasteiger partial charge < -0.3 is 11.1 Å². The molecule has 2 aromatic heterocycles. The number of hydrogen-bond donors (Lipinski definition) is 2. The third-order valence-electron chi connectivity index (χ3n) is 2.47. The number of aromatic nitrogens is 2. The molecule has 5 nitrogen and oxygen atoms in total. The van der Waals surface area contributed by atoms with Crippen molar-refractivity contribution in [2.75, 3.05) is 12.3 Å². The number of amides is 1. The molecule has 2 aromatic rings. The van der Waals surface area contributed by atoms with Crippen molar-refractivity contribution < 1.29 is 4.79 Å². The fourth-order valence-electron chi connectivity index (χ4n) is 1.60. The quantitative estimate of drug-likeness (QED) is 0.833. The fourth-order valence-corrected chi connectivity index (χ4v) is 1.82. The van der Waals surface area contributed by atoms with E-state index in [1.54, 1.807) is 6.20 Å². The van der Waals surface area contributed by atoms with Crippen LogP contribution in [0.4, 0.5) is 5.82 Å². The minimum absolute atomic E-state index is 0.204. The number of nitrogen functional groups attached to an aromatic ring is 1. The predicted molar refractivity (Wildman–Crippen MR) is 73.9 cm³/mol. The Hall–Kier alpha value is -2.14. The molecule has 2 rings (SSSR count). The highest BCUT2D eigenvalue weighted by Gasteiger charge is 2.07. The predicted octanol–water partition coefficient (Wildman–Crippen LogP) is 1.68.